The number of allylic oxidation sites excluding steroid dienone is 1. The third-order valence-electron chi connectivity index (χ3n) is 14.8. The smallest absolute Gasteiger partial charge is 0.160 e. The third-order valence-corrected chi connectivity index (χ3v) is 14.8. The number of phenolic OH excluding ortho intramolecular Hbond substituents is 1. The molecule has 10 nitrogen and oxygen atoms in total. The molecule has 4 fully saturated rings. The second-order valence-electron chi connectivity index (χ2n) is 18.0. The fraction of sp³-hybridized carbons (Fsp3) is 0.617. The van der Waals surface area contributed by atoms with Crippen LogP contribution in [-0.2, 0) is 28.9 Å². The van der Waals surface area contributed by atoms with E-state index in [2.05, 4.69) is 33.2 Å². The lowest BCUT2D eigenvalue weighted by molar-refractivity contribution is -0.135. The van der Waals surface area contributed by atoms with Crippen molar-refractivity contribution < 1.29 is 29.6 Å². The number of nitrogen functional groups attached to an aromatic ring is 1. The maximum Gasteiger partial charge on any atom is 0.160 e. The molecule has 0 radical (unpaired) electrons. The molecule has 0 bridgehead atoms. The number of piperidine rings is 1. The van der Waals surface area contributed by atoms with Gasteiger partial charge in [-0.05, 0) is 159 Å². The number of methoxy groups -OCH3 is 1. The van der Waals surface area contributed by atoms with Gasteiger partial charge in [-0.1, -0.05) is 17.9 Å². The summed E-state index contributed by atoms with van der Waals surface area (Å²) >= 11 is 0. The van der Waals surface area contributed by atoms with Crippen LogP contribution in [0.3, 0.4) is 0 Å². The molecule has 4 aliphatic carbocycles. The van der Waals surface area contributed by atoms with Crippen LogP contribution in [0, 0.1) is 46.8 Å². The molecule has 0 amide bonds. The lowest BCUT2D eigenvalue weighted by atomic mass is 9.57. The summed E-state index contributed by atoms with van der Waals surface area (Å²) in [6.45, 7) is 1.67. The van der Waals surface area contributed by atoms with Crippen molar-refractivity contribution >= 4 is 23.6 Å². The number of ketones is 2. The van der Waals surface area contributed by atoms with Crippen molar-refractivity contribution in [1.82, 2.24) is 10.3 Å². The van der Waals surface area contributed by atoms with Crippen molar-refractivity contribution in [3.05, 3.63) is 58.3 Å². The van der Waals surface area contributed by atoms with E-state index in [0.717, 1.165) is 72.9 Å². The van der Waals surface area contributed by atoms with Crippen molar-refractivity contribution in [3.8, 4) is 23.3 Å². The van der Waals surface area contributed by atoms with Crippen LogP contribution in [0.4, 0.5) is 5.82 Å². The zero-order valence-electron chi connectivity index (χ0n) is 33.4. The summed E-state index contributed by atoms with van der Waals surface area (Å²) in [5, 5.41) is 38.1. The Morgan fingerprint density at radius 2 is 1.88 bits per heavy atom. The minimum atomic E-state index is -1.13. The number of aliphatic imine (C=N–C) groups is 1. The largest absolute Gasteiger partial charge is 0.504 e. The first-order chi connectivity index (χ1) is 27.6. The second kappa shape index (κ2) is 17.1. The van der Waals surface area contributed by atoms with Crippen molar-refractivity contribution in [2.75, 3.05) is 25.9 Å². The molecular formula is C47H60N4O6. The van der Waals surface area contributed by atoms with Gasteiger partial charge in [0.15, 0.2) is 17.3 Å². The quantitative estimate of drug-likeness (QED) is 0.187. The van der Waals surface area contributed by atoms with E-state index >= 15 is 0 Å². The average molecular weight is 777 g/mol. The standard InChI is InChI=1S/C47H60N4O6/c1-57-43-20-33-5-11-44(55)47(16-13-32(21-45(47)56)30-4-9-38-35(19-30)27-50-41-23-37(53)8-10-39(38)41)15-12-29(40(33)24-42(43)54)2-6-36(52)7-3-31-22-46(48)51-26-34(31)18-28-14-17-49-25-28/h14,20,22,24-26,29-30,32,35-36,38-39,41,45,50,52,54,56H,2-11,13,16-19,21,23,27H2,1H3,(H2,48,51)/t29-,30-,32-,35-,36-,38-,39+,41+,45+,47+/m0/s1. The van der Waals surface area contributed by atoms with Gasteiger partial charge in [-0.25, -0.2) is 4.98 Å². The van der Waals surface area contributed by atoms with E-state index < -0.39 is 17.6 Å². The minimum Gasteiger partial charge on any atom is -0.504 e. The van der Waals surface area contributed by atoms with Crippen molar-refractivity contribution in [3.63, 3.8) is 0 Å². The molecule has 1 saturated heterocycles. The van der Waals surface area contributed by atoms with Crippen molar-refractivity contribution in [1.29, 1.82) is 0 Å². The van der Waals surface area contributed by atoms with Crippen LogP contribution in [0.15, 0.2) is 41.0 Å². The van der Waals surface area contributed by atoms with Gasteiger partial charge in [0.2, 0.25) is 0 Å². The average Bonchev–Trinajstić information content (AvgIpc) is 3.74. The molecule has 1 aromatic carbocycles. The lowest BCUT2D eigenvalue weighted by Gasteiger charge is -2.51. The number of pyridine rings is 1. The molecule has 1 spiro atoms. The Balaban J connectivity index is 0.964. The zero-order chi connectivity index (χ0) is 39.7. The number of aliphatic hydroxyl groups is 2. The molecule has 0 unspecified atom stereocenters. The van der Waals surface area contributed by atoms with Gasteiger partial charge in [-0.15, -0.1) is 0 Å². The molecule has 3 heterocycles. The van der Waals surface area contributed by atoms with Crippen LogP contribution < -0.4 is 15.8 Å². The highest BCUT2D eigenvalue weighted by molar-refractivity contribution is 5.89. The number of fused-ring (bicyclic) bond motifs is 4. The molecule has 2 aromatic rings. The first kappa shape index (κ1) is 39.8. The van der Waals surface area contributed by atoms with Crippen LogP contribution in [-0.4, -0.2) is 76.5 Å². The van der Waals surface area contributed by atoms with E-state index in [4.69, 9.17) is 10.5 Å². The van der Waals surface area contributed by atoms with Gasteiger partial charge < -0.3 is 31.1 Å². The Morgan fingerprint density at radius 1 is 1.02 bits per heavy atom. The van der Waals surface area contributed by atoms with E-state index in [1.54, 1.807) is 6.07 Å². The van der Waals surface area contributed by atoms with Gasteiger partial charge in [-0.3, -0.25) is 14.6 Å². The topological polar surface area (TPSA) is 167 Å². The van der Waals surface area contributed by atoms with E-state index in [-0.39, 0.29) is 23.9 Å². The van der Waals surface area contributed by atoms with Gasteiger partial charge in [0.05, 0.1) is 25.9 Å². The molecule has 1 aromatic heterocycles. The number of carbonyl (C=O) groups is 2. The number of aliphatic hydroxyl groups excluding tert-OH is 2. The lowest BCUT2D eigenvalue weighted by Crippen LogP contribution is -2.55. The van der Waals surface area contributed by atoms with Crippen LogP contribution in [0.5, 0.6) is 11.5 Å². The number of aromatic nitrogens is 1. The van der Waals surface area contributed by atoms with Gasteiger partial charge >= 0.3 is 0 Å². The van der Waals surface area contributed by atoms with Crippen LogP contribution in [0.25, 0.3) is 0 Å². The summed E-state index contributed by atoms with van der Waals surface area (Å²) in [5.74, 6) is 10.5. The summed E-state index contributed by atoms with van der Waals surface area (Å²) in [7, 11) is 1.52. The van der Waals surface area contributed by atoms with Crippen molar-refractivity contribution in [2.45, 2.75) is 127 Å². The number of anilines is 1. The number of ether oxygens (including phenoxy) is 1. The highest BCUT2D eigenvalue weighted by Crippen LogP contribution is 2.51. The van der Waals surface area contributed by atoms with Crippen LogP contribution >= 0.6 is 0 Å². The highest BCUT2D eigenvalue weighted by atomic mass is 16.5. The van der Waals surface area contributed by atoms with Gasteiger partial charge in [0.25, 0.3) is 0 Å². The first-order valence-corrected chi connectivity index (χ1v) is 21.6. The Morgan fingerprint density at radius 3 is 2.68 bits per heavy atom. The van der Waals surface area contributed by atoms with Crippen molar-refractivity contribution in [2.24, 2.45) is 40.0 Å². The molecule has 6 N–H and O–H groups in total. The van der Waals surface area contributed by atoms with Crippen LogP contribution in [0.1, 0.15) is 112 Å². The zero-order valence-corrected chi connectivity index (χ0v) is 33.4. The third kappa shape index (κ3) is 8.44. The number of rotatable bonds is 10. The van der Waals surface area contributed by atoms with E-state index in [1.165, 1.54) is 13.5 Å². The van der Waals surface area contributed by atoms with E-state index in [1.807, 2.05) is 24.5 Å². The summed E-state index contributed by atoms with van der Waals surface area (Å²) in [4.78, 5) is 35.1. The monoisotopic (exact) mass is 776 g/mol. The number of Topliss-reactive ketones (excluding diaryl/α,β-unsaturated/α-hetero) is 2. The normalized spacial score (nSPS) is 32.8. The Labute approximate surface area is 337 Å². The minimum absolute atomic E-state index is 0.00947. The van der Waals surface area contributed by atoms with Gasteiger partial charge in [0, 0.05) is 50.1 Å². The SMILES string of the molecule is COc1cc2c(cc1O)[C@@H](CC[C@H](O)CCc1cc(N)ncc1CC1=CCN=C1)C#C[C@@]1(CC[C@H]([C@H]3CC[C@H]4[C@H](CN[C@@H]5CC(=O)CC[C@H]45)C3)C[C@H]1O)C(=O)CC2. The second-order valence-corrected chi connectivity index (χ2v) is 18.0. The number of aromatic hydroxyl groups is 1. The van der Waals surface area contributed by atoms with Gasteiger partial charge in [-0.2, -0.15) is 0 Å². The fourth-order valence-electron chi connectivity index (χ4n) is 11.6. The number of benzene rings is 1. The number of phenols is 1. The maximum absolute atomic E-state index is 14.3. The molecule has 10 atom stereocenters. The molecule has 2 aliphatic heterocycles. The first-order valence-electron chi connectivity index (χ1n) is 21.6. The number of carbonyl (C=O) groups excluding carboxylic acids is 2. The molecular weight excluding hydrogens is 717 g/mol. The number of hydrogen-bond acceptors (Lipinski definition) is 10. The number of nitrogens with zero attached hydrogens (tertiary/aromatic N) is 2. The predicted octanol–water partition coefficient (Wildman–Crippen LogP) is 5.83. The Kier molecular flexibility index (Phi) is 11.9. The Bertz CT molecular complexity index is 1970. The van der Waals surface area contributed by atoms with Crippen LogP contribution in [0.2, 0.25) is 0 Å². The molecule has 3 saturated carbocycles. The maximum atomic E-state index is 14.3. The van der Waals surface area contributed by atoms with Gasteiger partial charge in [0.1, 0.15) is 17.0 Å². The molecule has 8 rings (SSSR count). The molecule has 304 valence electrons. The summed E-state index contributed by atoms with van der Waals surface area (Å²) in [5.41, 5.74) is 9.98. The summed E-state index contributed by atoms with van der Waals surface area (Å²) < 4.78 is 5.48. The molecule has 6 aliphatic rings. The molecule has 10 heteroatoms. The Hall–Kier alpha value is -4.04. The number of nitrogens with one attached hydrogen (secondary N) is 1. The fourth-order valence-corrected chi connectivity index (χ4v) is 11.6. The van der Waals surface area contributed by atoms with E-state index in [9.17, 15) is 24.9 Å². The summed E-state index contributed by atoms with van der Waals surface area (Å²) in [6.07, 6.45) is 15.9. The number of aryl methyl sites for hydroxylation is 2. The predicted molar refractivity (Wildman–Crippen MR) is 220 cm³/mol. The molecule has 57 heavy (non-hydrogen) atoms. The number of nitrogens with two attached hydrogens (primary N) is 1. The number of hydrogen-bond donors (Lipinski definition) is 5. The highest BCUT2D eigenvalue weighted by Gasteiger charge is 2.51. The van der Waals surface area contributed by atoms with E-state index in [0.29, 0.717) is 111 Å². The summed E-state index contributed by atoms with van der Waals surface area (Å²) in [6, 6.07) is 5.78.